The van der Waals surface area contributed by atoms with Crippen molar-refractivity contribution in [2.75, 3.05) is 36.4 Å². The molecule has 3 rings (SSSR count). The Labute approximate surface area is 154 Å². The smallest absolute Gasteiger partial charge is 0.241 e. The average molecular weight is 357 g/mol. The number of amides is 1. The molecular weight excluding hydrogens is 330 g/mol. The van der Waals surface area contributed by atoms with Crippen LogP contribution in [-0.2, 0) is 11.8 Å². The van der Waals surface area contributed by atoms with Crippen molar-refractivity contribution in [3.63, 3.8) is 0 Å². The molecule has 2 aromatic rings. The minimum absolute atomic E-state index is 0.00211. The number of aromatic hydroxyl groups is 1. The van der Waals surface area contributed by atoms with Gasteiger partial charge >= 0.3 is 0 Å². The van der Waals surface area contributed by atoms with Crippen molar-refractivity contribution in [1.82, 2.24) is 14.7 Å². The highest BCUT2D eigenvalue weighted by atomic mass is 16.3. The van der Waals surface area contributed by atoms with Crippen molar-refractivity contribution >= 4 is 17.3 Å². The summed E-state index contributed by atoms with van der Waals surface area (Å²) in [5.41, 5.74) is 3.70. The van der Waals surface area contributed by atoms with Gasteiger partial charge < -0.3 is 15.3 Å². The quantitative estimate of drug-likeness (QED) is 0.874. The van der Waals surface area contributed by atoms with Gasteiger partial charge in [-0.2, -0.15) is 5.10 Å². The number of hydrogen-bond donors (Lipinski definition) is 2. The Bertz CT molecular complexity index is 776. The molecule has 1 fully saturated rings. The van der Waals surface area contributed by atoms with Crippen LogP contribution in [0.25, 0.3) is 0 Å². The highest BCUT2D eigenvalue weighted by molar-refractivity contribution is 5.95. The zero-order valence-corrected chi connectivity index (χ0v) is 15.9. The first-order chi connectivity index (χ1) is 12.4. The number of aromatic nitrogens is 2. The van der Waals surface area contributed by atoms with Crippen molar-refractivity contribution in [1.29, 1.82) is 0 Å². The van der Waals surface area contributed by atoms with E-state index >= 15 is 0 Å². The van der Waals surface area contributed by atoms with Crippen molar-refractivity contribution in [3.05, 3.63) is 35.7 Å². The molecule has 0 unspecified atom stereocenters. The Morgan fingerprint density at radius 3 is 2.31 bits per heavy atom. The zero-order chi connectivity index (χ0) is 18.8. The maximum Gasteiger partial charge on any atom is 0.241 e. The summed E-state index contributed by atoms with van der Waals surface area (Å²) in [6.45, 7) is 9.16. The lowest BCUT2D eigenvalue weighted by Gasteiger charge is -2.38. The molecule has 2 heterocycles. The Kier molecular flexibility index (Phi) is 5.18. The summed E-state index contributed by atoms with van der Waals surface area (Å²) >= 11 is 0. The number of carbonyl (C=O) groups is 1. The fourth-order valence-corrected chi connectivity index (χ4v) is 3.38. The first-order valence-electron chi connectivity index (χ1n) is 8.96. The normalized spacial score (nSPS) is 16.5. The maximum atomic E-state index is 12.7. The third kappa shape index (κ3) is 3.67. The summed E-state index contributed by atoms with van der Waals surface area (Å²) in [7, 11) is 1.88. The first-order valence-corrected chi connectivity index (χ1v) is 8.96. The van der Waals surface area contributed by atoms with Crippen LogP contribution in [0, 0.1) is 13.8 Å². The third-order valence-electron chi connectivity index (χ3n) is 5.21. The van der Waals surface area contributed by atoms with Crippen LogP contribution < -0.4 is 10.2 Å². The monoisotopic (exact) mass is 357 g/mol. The van der Waals surface area contributed by atoms with Gasteiger partial charge in [0, 0.05) is 38.9 Å². The number of anilines is 2. The van der Waals surface area contributed by atoms with E-state index in [9.17, 15) is 9.90 Å². The zero-order valence-electron chi connectivity index (χ0n) is 15.9. The van der Waals surface area contributed by atoms with E-state index in [4.69, 9.17) is 0 Å². The standard InChI is InChI=1S/C19H27N5O2/c1-13-18(14(2)22(4)21-13)20-19(26)15(3)23-9-11-24(12-10-23)16-5-7-17(25)8-6-16/h5-8,15,25H,9-12H2,1-4H3,(H,20,26)/t15-/m0/s1. The summed E-state index contributed by atoms with van der Waals surface area (Å²) in [6.07, 6.45) is 0. The van der Waals surface area contributed by atoms with Gasteiger partial charge in [-0.05, 0) is 45.0 Å². The minimum atomic E-state index is -0.198. The van der Waals surface area contributed by atoms with Gasteiger partial charge in [0.25, 0.3) is 0 Å². The number of carbonyl (C=O) groups excluding carboxylic acids is 1. The van der Waals surface area contributed by atoms with Crippen LogP contribution in [0.15, 0.2) is 24.3 Å². The van der Waals surface area contributed by atoms with E-state index in [1.54, 1.807) is 16.8 Å². The van der Waals surface area contributed by atoms with Crippen LogP contribution in [0.2, 0.25) is 0 Å². The van der Waals surface area contributed by atoms with Gasteiger partial charge in [-0.1, -0.05) is 0 Å². The molecule has 1 amide bonds. The topological polar surface area (TPSA) is 73.6 Å². The van der Waals surface area contributed by atoms with Gasteiger partial charge in [0.15, 0.2) is 0 Å². The molecule has 0 spiro atoms. The van der Waals surface area contributed by atoms with E-state index in [0.29, 0.717) is 0 Å². The van der Waals surface area contributed by atoms with Crippen molar-refractivity contribution in [2.45, 2.75) is 26.8 Å². The number of hydrogen-bond acceptors (Lipinski definition) is 5. The molecule has 1 aliphatic rings. The second-order valence-electron chi connectivity index (χ2n) is 6.87. The number of aryl methyl sites for hydroxylation is 2. The fourth-order valence-electron chi connectivity index (χ4n) is 3.38. The van der Waals surface area contributed by atoms with Gasteiger partial charge in [-0.15, -0.1) is 0 Å². The number of rotatable bonds is 4. The predicted octanol–water partition coefficient (Wildman–Crippen LogP) is 1.89. The summed E-state index contributed by atoms with van der Waals surface area (Å²) in [4.78, 5) is 17.2. The van der Waals surface area contributed by atoms with Crippen LogP contribution in [0.3, 0.4) is 0 Å². The molecule has 1 aromatic heterocycles. The molecule has 2 N–H and O–H groups in total. The van der Waals surface area contributed by atoms with E-state index in [2.05, 4.69) is 20.2 Å². The molecule has 0 aliphatic carbocycles. The van der Waals surface area contributed by atoms with Crippen LogP contribution >= 0.6 is 0 Å². The fraction of sp³-hybridized carbons (Fsp3) is 0.474. The number of nitrogens with one attached hydrogen (secondary N) is 1. The van der Waals surface area contributed by atoms with E-state index in [-0.39, 0.29) is 17.7 Å². The van der Waals surface area contributed by atoms with E-state index in [1.807, 2.05) is 40.0 Å². The Morgan fingerprint density at radius 2 is 1.77 bits per heavy atom. The minimum Gasteiger partial charge on any atom is -0.508 e. The van der Waals surface area contributed by atoms with Crippen LogP contribution in [-0.4, -0.2) is 57.9 Å². The van der Waals surface area contributed by atoms with E-state index in [1.165, 1.54) is 0 Å². The molecule has 140 valence electrons. The van der Waals surface area contributed by atoms with Gasteiger partial charge in [-0.25, -0.2) is 0 Å². The Balaban J connectivity index is 1.58. The molecule has 1 aliphatic heterocycles. The van der Waals surface area contributed by atoms with E-state index < -0.39 is 0 Å². The number of phenols is 1. The highest BCUT2D eigenvalue weighted by Crippen LogP contribution is 2.22. The number of phenolic OH excluding ortho intramolecular Hbond substituents is 1. The van der Waals surface area contributed by atoms with Crippen molar-refractivity contribution < 1.29 is 9.90 Å². The lowest BCUT2D eigenvalue weighted by atomic mass is 10.2. The van der Waals surface area contributed by atoms with Crippen LogP contribution in [0.4, 0.5) is 11.4 Å². The number of benzene rings is 1. The van der Waals surface area contributed by atoms with Gasteiger partial charge in [0.1, 0.15) is 5.75 Å². The summed E-state index contributed by atoms with van der Waals surface area (Å²) in [6, 6.07) is 7.06. The van der Waals surface area contributed by atoms with Gasteiger partial charge in [0.2, 0.25) is 5.91 Å². The molecular formula is C19H27N5O2. The highest BCUT2D eigenvalue weighted by Gasteiger charge is 2.26. The second kappa shape index (κ2) is 7.37. The van der Waals surface area contributed by atoms with Crippen LogP contribution in [0.5, 0.6) is 5.75 Å². The van der Waals surface area contributed by atoms with E-state index in [0.717, 1.165) is 48.9 Å². The lowest BCUT2D eigenvalue weighted by molar-refractivity contribution is -0.120. The number of nitrogens with zero attached hydrogens (tertiary/aromatic N) is 4. The Hall–Kier alpha value is -2.54. The summed E-state index contributed by atoms with van der Waals surface area (Å²) in [5.74, 6) is 0.279. The first kappa shape index (κ1) is 18.3. The SMILES string of the molecule is Cc1nn(C)c(C)c1NC(=O)[C@H](C)N1CCN(c2ccc(O)cc2)CC1. The molecule has 7 nitrogen and oxygen atoms in total. The molecule has 0 bridgehead atoms. The molecule has 1 aromatic carbocycles. The molecule has 1 saturated heterocycles. The lowest BCUT2D eigenvalue weighted by Crippen LogP contribution is -2.52. The molecule has 0 saturated carbocycles. The number of piperazine rings is 1. The maximum absolute atomic E-state index is 12.7. The van der Waals surface area contributed by atoms with Gasteiger partial charge in [0.05, 0.1) is 23.1 Å². The van der Waals surface area contributed by atoms with Crippen LogP contribution in [0.1, 0.15) is 18.3 Å². The summed E-state index contributed by atoms with van der Waals surface area (Å²) < 4.78 is 1.78. The molecule has 26 heavy (non-hydrogen) atoms. The summed E-state index contributed by atoms with van der Waals surface area (Å²) in [5, 5.41) is 16.8. The molecule has 0 radical (unpaired) electrons. The van der Waals surface area contributed by atoms with Crippen molar-refractivity contribution in [2.24, 2.45) is 7.05 Å². The average Bonchev–Trinajstić information content (AvgIpc) is 2.88. The Morgan fingerprint density at radius 1 is 1.15 bits per heavy atom. The second-order valence-corrected chi connectivity index (χ2v) is 6.87. The molecule has 1 atom stereocenters. The van der Waals surface area contributed by atoms with Gasteiger partial charge in [-0.3, -0.25) is 14.4 Å². The van der Waals surface area contributed by atoms with Crippen molar-refractivity contribution in [3.8, 4) is 5.75 Å². The molecule has 7 heteroatoms. The predicted molar refractivity (Wildman–Crippen MR) is 103 cm³/mol. The largest absolute Gasteiger partial charge is 0.508 e. The third-order valence-corrected chi connectivity index (χ3v) is 5.21.